The van der Waals surface area contributed by atoms with Crippen LogP contribution in [0.2, 0.25) is 10.0 Å². The van der Waals surface area contributed by atoms with E-state index in [-0.39, 0.29) is 0 Å². The third-order valence-electron chi connectivity index (χ3n) is 4.98. The van der Waals surface area contributed by atoms with Crippen LogP contribution < -0.4 is 5.32 Å². The van der Waals surface area contributed by atoms with Crippen LogP contribution >= 0.6 is 23.2 Å². The van der Waals surface area contributed by atoms with Gasteiger partial charge in [0.05, 0.1) is 0 Å². The van der Waals surface area contributed by atoms with Gasteiger partial charge in [-0.25, -0.2) is 0 Å². The van der Waals surface area contributed by atoms with Crippen molar-refractivity contribution in [2.45, 2.75) is 58.9 Å². The normalized spacial score (nSPS) is 23.6. The molecule has 1 nitrogen and oxygen atoms in total. The number of rotatable bonds is 4. The number of nitrogens with one attached hydrogen (secondary N) is 1. The summed E-state index contributed by atoms with van der Waals surface area (Å²) < 4.78 is 0. The van der Waals surface area contributed by atoms with Crippen LogP contribution in [0.3, 0.4) is 0 Å². The lowest BCUT2D eigenvalue weighted by molar-refractivity contribution is 0.147. The summed E-state index contributed by atoms with van der Waals surface area (Å²) in [5.74, 6) is 0.855. The summed E-state index contributed by atoms with van der Waals surface area (Å²) in [6.07, 6.45) is 6.36. The van der Waals surface area contributed by atoms with Crippen molar-refractivity contribution in [3.05, 3.63) is 28.2 Å². The van der Waals surface area contributed by atoms with E-state index in [1.807, 2.05) is 12.1 Å². The second-order valence-corrected chi connectivity index (χ2v) is 7.57. The van der Waals surface area contributed by atoms with Gasteiger partial charge in [-0.2, -0.15) is 0 Å². The molecule has 0 aliphatic heterocycles. The highest BCUT2D eigenvalue weighted by Crippen LogP contribution is 2.41. The molecular weight excluding hydrogens is 289 g/mol. The van der Waals surface area contributed by atoms with Gasteiger partial charge in [0.1, 0.15) is 0 Å². The standard InChI is InChI=1S/C17H25Cl2N/c1-4-17(2,3)12-5-7-15(8-6-12)20-16-10-13(18)9-14(19)11-16/h9-12,15,20H,4-8H2,1-3H3. The zero-order chi connectivity index (χ0) is 14.8. The lowest BCUT2D eigenvalue weighted by Gasteiger charge is -2.39. The largest absolute Gasteiger partial charge is 0.382 e. The molecule has 20 heavy (non-hydrogen) atoms. The maximum absolute atomic E-state index is 6.05. The van der Waals surface area contributed by atoms with E-state index in [1.165, 1.54) is 32.1 Å². The predicted octanol–water partition coefficient (Wildman–Crippen LogP) is 6.40. The molecular formula is C17H25Cl2N. The Morgan fingerprint density at radius 1 is 1.05 bits per heavy atom. The van der Waals surface area contributed by atoms with Gasteiger partial charge in [-0.1, -0.05) is 50.4 Å². The van der Waals surface area contributed by atoms with E-state index in [0.717, 1.165) is 11.6 Å². The summed E-state index contributed by atoms with van der Waals surface area (Å²) >= 11 is 12.1. The Balaban J connectivity index is 1.91. The Morgan fingerprint density at radius 2 is 1.60 bits per heavy atom. The van der Waals surface area contributed by atoms with Crippen molar-refractivity contribution in [2.75, 3.05) is 5.32 Å². The quantitative estimate of drug-likeness (QED) is 0.678. The van der Waals surface area contributed by atoms with Crippen LogP contribution in [0, 0.1) is 11.3 Å². The summed E-state index contributed by atoms with van der Waals surface area (Å²) in [6.45, 7) is 7.11. The molecule has 0 heterocycles. The van der Waals surface area contributed by atoms with E-state index in [4.69, 9.17) is 23.2 Å². The van der Waals surface area contributed by atoms with Crippen LogP contribution in [0.15, 0.2) is 18.2 Å². The molecule has 1 saturated carbocycles. The monoisotopic (exact) mass is 313 g/mol. The Bertz CT molecular complexity index is 428. The summed E-state index contributed by atoms with van der Waals surface area (Å²) in [6, 6.07) is 6.23. The first-order valence-corrected chi connectivity index (χ1v) is 8.39. The van der Waals surface area contributed by atoms with E-state index in [9.17, 15) is 0 Å². The fourth-order valence-electron chi connectivity index (χ4n) is 3.18. The van der Waals surface area contributed by atoms with E-state index in [1.54, 1.807) is 6.07 Å². The maximum Gasteiger partial charge on any atom is 0.0441 e. The Morgan fingerprint density at radius 3 is 2.10 bits per heavy atom. The molecule has 1 fully saturated rings. The molecule has 0 saturated heterocycles. The topological polar surface area (TPSA) is 12.0 Å². The fourth-order valence-corrected chi connectivity index (χ4v) is 3.71. The van der Waals surface area contributed by atoms with Crippen LogP contribution in [0.25, 0.3) is 0 Å². The molecule has 2 rings (SSSR count). The van der Waals surface area contributed by atoms with Gasteiger partial charge in [-0.15, -0.1) is 0 Å². The highest BCUT2D eigenvalue weighted by molar-refractivity contribution is 6.35. The average molecular weight is 314 g/mol. The highest BCUT2D eigenvalue weighted by atomic mass is 35.5. The van der Waals surface area contributed by atoms with Crippen molar-refractivity contribution in [1.29, 1.82) is 0 Å². The van der Waals surface area contributed by atoms with Crippen molar-refractivity contribution in [3.63, 3.8) is 0 Å². The van der Waals surface area contributed by atoms with E-state index in [2.05, 4.69) is 26.1 Å². The first-order chi connectivity index (χ1) is 9.40. The zero-order valence-corrected chi connectivity index (χ0v) is 14.2. The molecule has 0 spiro atoms. The smallest absolute Gasteiger partial charge is 0.0441 e. The van der Waals surface area contributed by atoms with Gasteiger partial charge in [0, 0.05) is 21.8 Å². The predicted molar refractivity (Wildman–Crippen MR) is 89.9 cm³/mol. The Labute approximate surface area is 133 Å². The van der Waals surface area contributed by atoms with Gasteiger partial charge in [0.2, 0.25) is 0 Å². The highest BCUT2D eigenvalue weighted by Gasteiger charge is 2.31. The number of hydrogen-bond donors (Lipinski definition) is 1. The minimum atomic E-state index is 0.477. The molecule has 1 aromatic carbocycles. The van der Waals surface area contributed by atoms with Crippen LogP contribution in [-0.4, -0.2) is 6.04 Å². The van der Waals surface area contributed by atoms with Gasteiger partial charge in [-0.3, -0.25) is 0 Å². The SMILES string of the molecule is CCC(C)(C)C1CCC(Nc2cc(Cl)cc(Cl)c2)CC1. The van der Waals surface area contributed by atoms with Gasteiger partial charge in [0.25, 0.3) is 0 Å². The number of halogens is 2. The minimum Gasteiger partial charge on any atom is -0.382 e. The average Bonchev–Trinajstić information content (AvgIpc) is 2.38. The van der Waals surface area contributed by atoms with Crippen molar-refractivity contribution < 1.29 is 0 Å². The first-order valence-electron chi connectivity index (χ1n) is 7.63. The molecule has 1 N–H and O–H groups in total. The lowest BCUT2D eigenvalue weighted by atomic mass is 9.69. The Kier molecular flexibility index (Phi) is 5.25. The van der Waals surface area contributed by atoms with Crippen molar-refractivity contribution in [2.24, 2.45) is 11.3 Å². The van der Waals surface area contributed by atoms with Gasteiger partial charge in [0.15, 0.2) is 0 Å². The van der Waals surface area contributed by atoms with E-state index in [0.29, 0.717) is 21.5 Å². The van der Waals surface area contributed by atoms with E-state index < -0.39 is 0 Å². The molecule has 0 aromatic heterocycles. The van der Waals surface area contributed by atoms with E-state index >= 15 is 0 Å². The van der Waals surface area contributed by atoms with Crippen LogP contribution in [0.5, 0.6) is 0 Å². The third kappa shape index (κ3) is 4.05. The first kappa shape index (κ1) is 16.0. The second-order valence-electron chi connectivity index (χ2n) is 6.69. The van der Waals surface area contributed by atoms with Crippen molar-refractivity contribution in [1.82, 2.24) is 0 Å². The molecule has 1 aliphatic carbocycles. The molecule has 0 unspecified atom stereocenters. The number of anilines is 1. The molecule has 1 aromatic rings. The second kappa shape index (κ2) is 6.58. The maximum atomic E-state index is 6.05. The minimum absolute atomic E-state index is 0.477. The number of hydrogen-bond acceptors (Lipinski definition) is 1. The Hall–Kier alpha value is -0.400. The zero-order valence-electron chi connectivity index (χ0n) is 12.7. The lowest BCUT2D eigenvalue weighted by Crippen LogP contribution is -2.32. The van der Waals surface area contributed by atoms with Crippen LogP contribution in [0.1, 0.15) is 52.9 Å². The van der Waals surface area contributed by atoms with Crippen LogP contribution in [0.4, 0.5) is 5.69 Å². The summed E-state index contributed by atoms with van der Waals surface area (Å²) in [4.78, 5) is 0. The van der Waals surface area contributed by atoms with Crippen molar-refractivity contribution in [3.8, 4) is 0 Å². The summed E-state index contributed by atoms with van der Waals surface area (Å²) in [7, 11) is 0. The van der Waals surface area contributed by atoms with Crippen LogP contribution in [-0.2, 0) is 0 Å². The summed E-state index contributed by atoms with van der Waals surface area (Å²) in [5, 5.41) is 4.97. The molecule has 0 bridgehead atoms. The molecule has 0 amide bonds. The van der Waals surface area contributed by atoms with Gasteiger partial charge in [-0.05, 0) is 55.2 Å². The van der Waals surface area contributed by atoms with Crippen molar-refractivity contribution >= 4 is 28.9 Å². The fraction of sp³-hybridized carbons (Fsp3) is 0.647. The molecule has 112 valence electrons. The third-order valence-corrected chi connectivity index (χ3v) is 5.41. The van der Waals surface area contributed by atoms with Gasteiger partial charge >= 0.3 is 0 Å². The van der Waals surface area contributed by atoms with Gasteiger partial charge < -0.3 is 5.32 Å². The summed E-state index contributed by atoms with van der Waals surface area (Å²) in [5.41, 5.74) is 1.52. The molecule has 3 heteroatoms. The molecule has 1 aliphatic rings. The molecule has 0 radical (unpaired) electrons. The molecule has 0 atom stereocenters. The number of benzene rings is 1.